The molecule has 0 aliphatic heterocycles. The molecule has 0 unspecified atom stereocenters. The quantitative estimate of drug-likeness (QED) is 0.169. The predicted octanol–water partition coefficient (Wildman–Crippen LogP) is 8.40. The minimum atomic E-state index is -0.757. The summed E-state index contributed by atoms with van der Waals surface area (Å²) in [6, 6.07) is 6.88. The van der Waals surface area contributed by atoms with Gasteiger partial charge in [0.15, 0.2) is 0 Å². The third kappa shape index (κ3) is 17.3. The largest absolute Gasteiger partial charge is 0.508 e. The molecule has 1 amide bonds. The van der Waals surface area contributed by atoms with Gasteiger partial charge in [0.1, 0.15) is 11.5 Å². The van der Waals surface area contributed by atoms with Crippen LogP contribution in [0.4, 0.5) is 4.79 Å². The maximum Gasteiger partial charge on any atom is 0.407 e. The van der Waals surface area contributed by atoms with E-state index in [0.717, 1.165) is 44.5 Å². The van der Waals surface area contributed by atoms with Crippen LogP contribution in [0.25, 0.3) is 0 Å². The topological polar surface area (TPSA) is 70.0 Å². The summed E-state index contributed by atoms with van der Waals surface area (Å²) in [5.41, 5.74) is 0. The second-order valence-corrected chi connectivity index (χ2v) is 9.27. The van der Waals surface area contributed by atoms with Gasteiger partial charge in [-0.2, -0.15) is 0 Å². The van der Waals surface area contributed by atoms with E-state index >= 15 is 0 Å². The van der Waals surface area contributed by atoms with E-state index in [1.54, 1.807) is 29.2 Å². The van der Waals surface area contributed by atoms with Gasteiger partial charge in [-0.25, -0.2) is 4.79 Å². The zero-order valence-corrected chi connectivity index (χ0v) is 21.1. The van der Waals surface area contributed by atoms with Gasteiger partial charge in [-0.1, -0.05) is 96.8 Å². The molecule has 1 rings (SSSR count). The van der Waals surface area contributed by atoms with E-state index in [4.69, 9.17) is 4.74 Å². The summed E-state index contributed by atoms with van der Waals surface area (Å²) in [4.78, 5) is 13.1. The summed E-state index contributed by atoms with van der Waals surface area (Å²) < 4.78 is 5.67. The molecule has 0 saturated heterocycles. The number of phenolic OH excluding ortho intramolecular Hbond substituents is 1. The summed E-state index contributed by atoms with van der Waals surface area (Å²) in [5, 5.41) is 18.7. The van der Waals surface area contributed by atoms with Crippen molar-refractivity contribution >= 4 is 6.09 Å². The van der Waals surface area contributed by atoms with Crippen LogP contribution in [0.15, 0.2) is 24.3 Å². The number of carboxylic acid groups (broad SMARTS) is 1. The minimum absolute atomic E-state index is 0.264. The Kier molecular flexibility index (Phi) is 18.2. The second-order valence-electron chi connectivity index (χ2n) is 9.27. The lowest BCUT2D eigenvalue weighted by Gasteiger charge is -2.19. The van der Waals surface area contributed by atoms with Crippen molar-refractivity contribution in [1.29, 1.82) is 0 Å². The molecule has 0 aliphatic rings. The SMILES string of the molecule is CCCCCCCCCCN(CCCCCCCCCCCOc1ccc(O)cc1)C(=O)O. The van der Waals surface area contributed by atoms with E-state index in [2.05, 4.69) is 6.92 Å². The first-order valence-electron chi connectivity index (χ1n) is 13.5. The Hall–Kier alpha value is -1.91. The van der Waals surface area contributed by atoms with Gasteiger partial charge in [-0.3, -0.25) is 0 Å². The smallest absolute Gasteiger partial charge is 0.407 e. The number of nitrogens with zero attached hydrogens (tertiary/aromatic N) is 1. The maximum absolute atomic E-state index is 11.5. The summed E-state index contributed by atoms with van der Waals surface area (Å²) in [6.45, 7) is 4.35. The van der Waals surface area contributed by atoms with E-state index in [-0.39, 0.29) is 5.75 Å². The molecule has 0 aromatic heterocycles. The number of hydrogen-bond acceptors (Lipinski definition) is 3. The second kappa shape index (κ2) is 20.7. The third-order valence-electron chi connectivity index (χ3n) is 6.23. The molecule has 0 atom stereocenters. The molecule has 190 valence electrons. The van der Waals surface area contributed by atoms with E-state index in [0.29, 0.717) is 13.1 Å². The minimum Gasteiger partial charge on any atom is -0.508 e. The van der Waals surface area contributed by atoms with Crippen molar-refractivity contribution in [3.8, 4) is 11.5 Å². The summed E-state index contributed by atoms with van der Waals surface area (Å²) in [6.07, 6.45) is 19.8. The number of aromatic hydroxyl groups is 1. The lowest BCUT2D eigenvalue weighted by molar-refractivity contribution is 0.143. The standard InChI is InChI=1S/C28H49NO4/c1-2-3-4-5-6-10-13-16-23-29(28(31)32)24-17-14-11-8-7-9-12-15-18-25-33-27-21-19-26(30)20-22-27/h19-22,30H,2-18,23-25H2,1H3,(H,31,32). The molecule has 0 radical (unpaired) electrons. The molecule has 0 aliphatic carbocycles. The zero-order valence-electron chi connectivity index (χ0n) is 21.1. The lowest BCUT2D eigenvalue weighted by atomic mass is 10.1. The van der Waals surface area contributed by atoms with Gasteiger partial charge in [-0.15, -0.1) is 0 Å². The van der Waals surface area contributed by atoms with Gasteiger partial charge in [0.05, 0.1) is 6.61 Å². The average Bonchev–Trinajstić information content (AvgIpc) is 2.81. The van der Waals surface area contributed by atoms with Crippen LogP contribution in [0.5, 0.6) is 11.5 Å². The zero-order chi connectivity index (χ0) is 24.0. The van der Waals surface area contributed by atoms with Crippen LogP contribution in [0.2, 0.25) is 0 Å². The van der Waals surface area contributed by atoms with Gasteiger partial charge < -0.3 is 19.8 Å². The fraction of sp³-hybridized carbons (Fsp3) is 0.750. The van der Waals surface area contributed by atoms with Gasteiger partial charge in [-0.05, 0) is 43.5 Å². The first kappa shape index (κ1) is 29.1. The lowest BCUT2D eigenvalue weighted by Crippen LogP contribution is -2.31. The van der Waals surface area contributed by atoms with Crippen LogP contribution in [-0.4, -0.2) is 40.9 Å². The van der Waals surface area contributed by atoms with Crippen molar-refractivity contribution < 1.29 is 19.7 Å². The Balaban J connectivity index is 1.88. The molecule has 2 N–H and O–H groups in total. The van der Waals surface area contributed by atoms with Crippen LogP contribution in [0, 0.1) is 0 Å². The van der Waals surface area contributed by atoms with Crippen molar-refractivity contribution in [3.05, 3.63) is 24.3 Å². The van der Waals surface area contributed by atoms with Gasteiger partial charge in [0, 0.05) is 13.1 Å². The average molecular weight is 464 g/mol. The van der Waals surface area contributed by atoms with E-state index in [9.17, 15) is 15.0 Å². The normalized spacial score (nSPS) is 10.9. The van der Waals surface area contributed by atoms with Gasteiger partial charge in [0.2, 0.25) is 0 Å². The highest BCUT2D eigenvalue weighted by molar-refractivity contribution is 5.64. The molecule has 5 heteroatoms. The fourth-order valence-corrected chi connectivity index (χ4v) is 4.11. The molecule has 0 spiro atoms. The molecule has 1 aromatic carbocycles. The molecule has 0 heterocycles. The number of ether oxygens (including phenoxy) is 1. The van der Waals surface area contributed by atoms with E-state index in [1.807, 2.05) is 0 Å². The highest BCUT2D eigenvalue weighted by Crippen LogP contribution is 2.17. The van der Waals surface area contributed by atoms with Gasteiger partial charge >= 0.3 is 6.09 Å². The predicted molar refractivity (Wildman–Crippen MR) is 137 cm³/mol. The van der Waals surface area contributed by atoms with Gasteiger partial charge in [0.25, 0.3) is 0 Å². The molecular weight excluding hydrogens is 414 g/mol. The number of hydrogen-bond donors (Lipinski definition) is 2. The first-order chi connectivity index (χ1) is 16.1. The summed E-state index contributed by atoms with van der Waals surface area (Å²) >= 11 is 0. The highest BCUT2D eigenvalue weighted by atomic mass is 16.5. The van der Waals surface area contributed by atoms with Crippen LogP contribution in [0.3, 0.4) is 0 Å². The number of carbonyl (C=O) groups is 1. The molecule has 0 saturated carbocycles. The molecule has 33 heavy (non-hydrogen) atoms. The number of rotatable bonds is 22. The van der Waals surface area contributed by atoms with Crippen LogP contribution in [0.1, 0.15) is 116 Å². The van der Waals surface area contributed by atoms with Crippen LogP contribution < -0.4 is 4.74 Å². The van der Waals surface area contributed by atoms with E-state index in [1.165, 1.54) is 77.0 Å². The Labute approximate surface area is 202 Å². The molecular formula is C28H49NO4. The number of amides is 1. The van der Waals surface area contributed by atoms with Crippen molar-refractivity contribution in [2.75, 3.05) is 19.7 Å². The van der Waals surface area contributed by atoms with Crippen molar-refractivity contribution in [3.63, 3.8) is 0 Å². The van der Waals surface area contributed by atoms with Crippen LogP contribution >= 0.6 is 0 Å². The van der Waals surface area contributed by atoms with Crippen LogP contribution in [-0.2, 0) is 0 Å². The molecule has 0 bridgehead atoms. The Morgan fingerprint density at radius 2 is 1.12 bits per heavy atom. The van der Waals surface area contributed by atoms with Crippen molar-refractivity contribution in [1.82, 2.24) is 4.90 Å². The van der Waals surface area contributed by atoms with E-state index < -0.39 is 6.09 Å². The Bertz CT molecular complexity index is 576. The monoisotopic (exact) mass is 463 g/mol. The third-order valence-corrected chi connectivity index (χ3v) is 6.23. The number of unbranched alkanes of at least 4 members (excludes halogenated alkanes) is 15. The Morgan fingerprint density at radius 3 is 1.58 bits per heavy atom. The highest BCUT2D eigenvalue weighted by Gasteiger charge is 2.10. The summed E-state index contributed by atoms with van der Waals surface area (Å²) in [7, 11) is 0. The van der Waals surface area contributed by atoms with Crippen molar-refractivity contribution in [2.24, 2.45) is 0 Å². The maximum atomic E-state index is 11.5. The fourth-order valence-electron chi connectivity index (χ4n) is 4.11. The Morgan fingerprint density at radius 1 is 0.697 bits per heavy atom. The molecule has 0 fully saturated rings. The number of benzene rings is 1. The van der Waals surface area contributed by atoms with Crippen molar-refractivity contribution in [2.45, 2.75) is 116 Å². The molecule has 5 nitrogen and oxygen atoms in total. The number of phenols is 1. The summed E-state index contributed by atoms with van der Waals surface area (Å²) in [5.74, 6) is 1.08. The first-order valence-corrected chi connectivity index (χ1v) is 13.5. The molecule has 1 aromatic rings.